The molecule has 0 spiro atoms. The molecule has 0 aliphatic carbocycles. The average molecular weight is 349 g/mol. The Kier molecular flexibility index (Phi) is 7.25. The van der Waals surface area contributed by atoms with Gasteiger partial charge in [0, 0.05) is 32.2 Å². The number of hydrogen-bond donors (Lipinski definition) is 1. The summed E-state index contributed by atoms with van der Waals surface area (Å²) in [6, 6.07) is 7.74. The maximum atomic E-state index is 12.9. The number of amides is 1. The molecule has 6 heteroatoms. The summed E-state index contributed by atoms with van der Waals surface area (Å²) in [5.74, 6) is -0.129. The Hall–Kier alpha value is -2.08. The Bertz CT molecular complexity index is 583. The number of aliphatic carboxylic acids is 1. The molecule has 1 heterocycles. The number of ether oxygens (including phenoxy) is 2. The minimum atomic E-state index is -0.886. The van der Waals surface area contributed by atoms with Crippen molar-refractivity contribution >= 4 is 11.9 Å². The molecule has 0 saturated carbocycles. The predicted octanol–water partition coefficient (Wildman–Crippen LogP) is 2.67. The van der Waals surface area contributed by atoms with Crippen molar-refractivity contribution in [3.8, 4) is 5.75 Å². The molecule has 0 aromatic heterocycles. The Morgan fingerprint density at radius 2 is 2.00 bits per heavy atom. The molecule has 2 rings (SSSR count). The van der Waals surface area contributed by atoms with Crippen molar-refractivity contribution in [1.82, 2.24) is 4.90 Å². The van der Waals surface area contributed by atoms with Gasteiger partial charge < -0.3 is 19.5 Å². The Balaban J connectivity index is 2.07. The molecule has 1 aliphatic heterocycles. The fourth-order valence-corrected chi connectivity index (χ4v) is 3.29. The molecule has 0 radical (unpaired) electrons. The van der Waals surface area contributed by atoms with Gasteiger partial charge in [0.1, 0.15) is 5.75 Å². The van der Waals surface area contributed by atoms with Crippen molar-refractivity contribution in [2.45, 2.75) is 44.6 Å². The van der Waals surface area contributed by atoms with E-state index in [0.717, 1.165) is 24.2 Å². The van der Waals surface area contributed by atoms with E-state index in [1.807, 2.05) is 31.2 Å². The third-order valence-corrected chi connectivity index (χ3v) is 4.67. The summed E-state index contributed by atoms with van der Waals surface area (Å²) >= 11 is 0. The first-order valence-electron chi connectivity index (χ1n) is 8.74. The summed E-state index contributed by atoms with van der Waals surface area (Å²) in [4.78, 5) is 25.6. The van der Waals surface area contributed by atoms with Gasteiger partial charge in [-0.2, -0.15) is 0 Å². The third-order valence-electron chi connectivity index (χ3n) is 4.67. The number of para-hydroxylation sites is 1. The number of rotatable bonds is 8. The zero-order chi connectivity index (χ0) is 18.2. The summed E-state index contributed by atoms with van der Waals surface area (Å²) in [7, 11) is 1.62. The van der Waals surface area contributed by atoms with Gasteiger partial charge in [-0.3, -0.25) is 9.59 Å². The third kappa shape index (κ3) is 5.46. The number of carboxylic acids is 1. The van der Waals surface area contributed by atoms with Crippen LogP contribution in [0.4, 0.5) is 0 Å². The first-order chi connectivity index (χ1) is 12.0. The number of hydrogen-bond acceptors (Lipinski definition) is 4. The first-order valence-corrected chi connectivity index (χ1v) is 8.74. The number of nitrogens with zero attached hydrogens (tertiary/aromatic N) is 1. The van der Waals surface area contributed by atoms with E-state index in [1.165, 1.54) is 0 Å². The summed E-state index contributed by atoms with van der Waals surface area (Å²) in [5, 5.41) is 8.99. The number of benzene rings is 1. The van der Waals surface area contributed by atoms with Gasteiger partial charge in [0.15, 0.2) is 0 Å². The molecule has 1 fully saturated rings. The van der Waals surface area contributed by atoms with Crippen LogP contribution in [0.2, 0.25) is 0 Å². The molecule has 0 bridgehead atoms. The van der Waals surface area contributed by atoms with Crippen molar-refractivity contribution in [2.75, 3.05) is 26.9 Å². The monoisotopic (exact) mass is 349 g/mol. The molecule has 1 aliphatic rings. The molecular weight excluding hydrogens is 322 g/mol. The molecule has 25 heavy (non-hydrogen) atoms. The highest BCUT2D eigenvalue weighted by Gasteiger charge is 2.27. The minimum Gasteiger partial charge on any atom is -0.496 e. The van der Waals surface area contributed by atoms with Crippen LogP contribution in [-0.4, -0.2) is 54.8 Å². The zero-order valence-electron chi connectivity index (χ0n) is 14.9. The molecular formula is C19H27NO5. The lowest BCUT2D eigenvalue weighted by Gasteiger charge is -2.35. The number of carboxylic acid groups (broad SMARTS) is 1. The lowest BCUT2D eigenvalue weighted by atomic mass is 9.95. The van der Waals surface area contributed by atoms with Crippen LogP contribution >= 0.6 is 0 Å². The molecule has 1 aromatic rings. The quantitative estimate of drug-likeness (QED) is 0.781. The van der Waals surface area contributed by atoms with Gasteiger partial charge in [-0.15, -0.1) is 0 Å². The van der Waals surface area contributed by atoms with E-state index in [-0.39, 0.29) is 30.8 Å². The van der Waals surface area contributed by atoms with Crippen molar-refractivity contribution < 1.29 is 24.2 Å². The zero-order valence-corrected chi connectivity index (χ0v) is 14.9. The van der Waals surface area contributed by atoms with Gasteiger partial charge in [-0.1, -0.05) is 25.1 Å². The smallest absolute Gasteiger partial charge is 0.305 e. The number of carbonyl (C=O) groups is 2. The Morgan fingerprint density at radius 3 is 2.64 bits per heavy atom. The second kappa shape index (κ2) is 9.42. The van der Waals surface area contributed by atoms with E-state index in [4.69, 9.17) is 14.6 Å². The lowest BCUT2D eigenvalue weighted by molar-refractivity contribution is -0.140. The van der Waals surface area contributed by atoms with Crippen LogP contribution in [0.1, 0.15) is 44.1 Å². The highest BCUT2D eigenvalue weighted by molar-refractivity contribution is 5.78. The van der Waals surface area contributed by atoms with Crippen LogP contribution in [0.5, 0.6) is 5.75 Å². The summed E-state index contributed by atoms with van der Waals surface area (Å²) in [6.07, 6.45) is 1.81. The first kappa shape index (κ1) is 19.2. The SMILES string of the molecule is COc1ccccc1[C@@H](C)CC(=O)N(CCC(=O)O)C1CCOCC1. The minimum absolute atomic E-state index is 0.00387. The van der Waals surface area contributed by atoms with Crippen LogP contribution < -0.4 is 4.74 Å². The second-order valence-electron chi connectivity index (χ2n) is 6.42. The van der Waals surface area contributed by atoms with Gasteiger partial charge in [0.2, 0.25) is 5.91 Å². The van der Waals surface area contributed by atoms with E-state index < -0.39 is 5.97 Å². The largest absolute Gasteiger partial charge is 0.496 e. The van der Waals surface area contributed by atoms with E-state index in [9.17, 15) is 9.59 Å². The standard InChI is InChI=1S/C19H27NO5/c1-14(16-5-3-4-6-17(16)24-2)13-18(21)20(10-7-19(22)23)15-8-11-25-12-9-15/h3-6,14-15H,7-13H2,1-2H3,(H,22,23)/t14-/m0/s1. The second-order valence-corrected chi connectivity index (χ2v) is 6.42. The summed E-state index contributed by atoms with van der Waals surface area (Å²) in [6.45, 7) is 3.47. The normalized spacial score (nSPS) is 16.2. The summed E-state index contributed by atoms with van der Waals surface area (Å²) < 4.78 is 10.7. The van der Waals surface area contributed by atoms with Crippen molar-refractivity contribution in [2.24, 2.45) is 0 Å². The van der Waals surface area contributed by atoms with Gasteiger partial charge >= 0.3 is 5.97 Å². The van der Waals surface area contributed by atoms with Gasteiger partial charge in [-0.05, 0) is 30.4 Å². The molecule has 1 amide bonds. The summed E-state index contributed by atoms with van der Waals surface area (Å²) in [5.41, 5.74) is 0.989. The molecule has 1 aromatic carbocycles. The molecule has 1 saturated heterocycles. The van der Waals surface area contributed by atoms with E-state index in [1.54, 1.807) is 12.0 Å². The van der Waals surface area contributed by atoms with Crippen LogP contribution in [-0.2, 0) is 14.3 Å². The van der Waals surface area contributed by atoms with Crippen LogP contribution in [0.3, 0.4) is 0 Å². The van der Waals surface area contributed by atoms with Gasteiger partial charge in [0.05, 0.1) is 13.5 Å². The van der Waals surface area contributed by atoms with E-state index >= 15 is 0 Å². The fourth-order valence-electron chi connectivity index (χ4n) is 3.29. The topological polar surface area (TPSA) is 76.1 Å². The molecule has 6 nitrogen and oxygen atoms in total. The van der Waals surface area contributed by atoms with Crippen molar-refractivity contribution in [1.29, 1.82) is 0 Å². The molecule has 0 unspecified atom stereocenters. The lowest BCUT2D eigenvalue weighted by Crippen LogP contribution is -2.44. The highest BCUT2D eigenvalue weighted by Crippen LogP contribution is 2.29. The highest BCUT2D eigenvalue weighted by atomic mass is 16.5. The Labute approximate surface area is 148 Å². The maximum absolute atomic E-state index is 12.9. The number of methoxy groups -OCH3 is 1. The van der Waals surface area contributed by atoms with E-state index in [2.05, 4.69) is 0 Å². The van der Waals surface area contributed by atoms with Crippen LogP contribution in [0.15, 0.2) is 24.3 Å². The van der Waals surface area contributed by atoms with Gasteiger partial charge in [0.25, 0.3) is 0 Å². The molecule has 138 valence electrons. The van der Waals surface area contributed by atoms with E-state index in [0.29, 0.717) is 19.6 Å². The molecule has 1 N–H and O–H groups in total. The molecule has 1 atom stereocenters. The van der Waals surface area contributed by atoms with Crippen molar-refractivity contribution in [3.63, 3.8) is 0 Å². The number of carbonyl (C=O) groups excluding carboxylic acids is 1. The van der Waals surface area contributed by atoms with Crippen LogP contribution in [0.25, 0.3) is 0 Å². The van der Waals surface area contributed by atoms with Gasteiger partial charge in [-0.25, -0.2) is 0 Å². The van der Waals surface area contributed by atoms with Crippen LogP contribution in [0, 0.1) is 0 Å². The fraction of sp³-hybridized carbons (Fsp3) is 0.579. The maximum Gasteiger partial charge on any atom is 0.305 e. The van der Waals surface area contributed by atoms with Crippen molar-refractivity contribution in [3.05, 3.63) is 29.8 Å². The predicted molar refractivity (Wildman–Crippen MR) is 93.8 cm³/mol. The Morgan fingerprint density at radius 1 is 1.32 bits per heavy atom. The average Bonchev–Trinajstić information content (AvgIpc) is 2.62.